The molecule has 9 heteroatoms. The molecule has 1 aliphatic rings. The summed E-state index contributed by atoms with van der Waals surface area (Å²) in [6.07, 6.45) is -2.23. The number of methoxy groups -OCH3 is 1. The average Bonchev–Trinajstić information content (AvgIpc) is 3.10. The van der Waals surface area contributed by atoms with Gasteiger partial charge < -0.3 is 9.64 Å². The summed E-state index contributed by atoms with van der Waals surface area (Å²) in [6.45, 7) is 8.18. The van der Waals surface area contributed by atoms with E-state index in [1.165, 1.54) is 18.9 Å². The molecule has 29 heavy (non-hydrogen) atoms. The van der Waals surface area contributed by atoms with Gasteiger partial charge in [0.05, 0.1) is 28.5 Å². The molecule has 0 bridgehead atoms. The molecule has 3 heterocycles. The Labute approximate surface area is 172 Å². The lowest BCUT2D eigenvalue weighted by atomic mass is 10.1. The van der Waals surface area contributed by atoms with E-state index >= 15 is 0 Å². The van der Waals surface area contributed by atoms with E-state index < -0.39 is 17.7 Å². The Morgan fingerprint density at radius 1 is 1.28 bits per heavy atom. The van der Waals surface area contributed by atoms with Crippen LogP contribution in [0.25, 0.3) is 10.2 Å². The van der Waals surface area contributed by atoms with Gasteiger partial charge in [-0.3, -0.25) is 4.90 Å². The summed E-state index contributed by atoms with van der Waals surface area (Å²) < 4.78 is 45.7. The Morgan fingerprint density at radius 3 is 2.55 bits per heavy atom. The number of pyridine rings is 1. The number of piperazine rings is 1. The summed E-state index contributed by atoms with van der Waals surface area (Å²) in [4.78, 5) is 20.6. The fourth-order valence-corrected chi connectivity index (χ4v) is 4.56. The van der Waals surface area contributed by atoms with Crippen molar-refractivity contribution < 1.29 is 22.7 Å². The average molecular weight is 430 g/mol. The molecular formula is C20H26F3N3O2S. The van der Waals surface area contributed by atoms with E-state index in [0.29, 0.717) is 19.0 Å². The van der Waals surface area contributed by atoms with Crippen LogP contribution in [0.15, 0.2) is 11.4 Å². The van der Waals surface area contributed by atoms with Crippen LogP contribution in [-0.2, 0) is 10.9 Å². The highest BCUT2D eigenvalue weighted by atomic mass is 32.1. The topological polar surface area (TPSA) is 45.7 Å². The van der Waals surface area contributed by atoms with Crippen molar-refractivity contribution in [2.45, 2.75) is 32.9 Å². The van der Waals surface area contributed by atoms with E-state index in [9.17, 15) is 18.0 Å². The van der Waals surface area contributed by atoms with Crippen LogP contribution < -0.4 is 4.90 Å². The zero-order valence-corrected chi connectivity index (χ0v) is 17.7. The second-order valence-corrected chi connectivity index (χ2v) is 8.59. The highest BCUT2D eigenvalue weighted by molar-refractivity contribution is 7.17. The summed E-state index contributed by atoms with van der Waals surface area (Å²) in [5, 5.41) is 1.38. The number of aromatic nitrogens is 1. The van der Waals surface area contributed by atoms with Crippen LogP contribution in [0, 0.1) is 5.92 Å². The number of carbonyl (C=O) groups excluding carboxylic acids is 1. The SMILES string of the molecule is COC(=O)c1csc2c(C(F)(F)F)cc(N3CCN(CCCC(C)C)CC3)nc12. The number of hydrogen-bond acceptors (Lipinski definition) is 6. The van der Waals surface area contributed by atoms with Crippen molar-refractivity contribution in [2.24, 2.45) is 5.92 Å². The molecule has 0 N–H and O–H groups in total. The number of anilines is 1. The minimum atomic E-state index is -4.52. The molecule has 0 atom stereocenters. The van der Waals surface area contributed by atoms with Crippen molar-refractivity contribution in [3.05, 3.63) is 22.6 Å². The third kappa shape index (κ3) is 5.01. The molecule has 2 aromatic heterocycles. The van der Waals surface area contributed by atoms with Gasteiger partial charge >= 0.3 is 12.1 Å². The molecule has 0 radical (unpaired) electrons. The van der Waals surface area contributed by atoms with E-state index in [0.717, 1.165) is 43.5 Å². The maximum absolute atomic E-state index is 13.7. The molecule has 0 saturated carbocycles. The normalized spacial score (nSPS) is 16.0. The van der Waals surface area contributed by atoms with E-state index in [1.54, 1.807) is 0 Å². The number of alkyl halides is 3. The molecule has 0 aromatic carbocycles. The number of nitrogens with zero attached hydrogens (tertiary/aromatic N) is 3. The lowest BCUT2D eigenvalue weighted by Gasteiger charge is -2.35. The van der Waals surface area contributed by atoms with Crippen LogP contribution in [0.1, 0.15) is 42.6 Å². The molecule has 2 aromatic rings. The Kier molecular flexibility index (Phi) is 6.68. The molecule has 1 saturated heterocycles. The van der Waals surface area contributed by atoms with Gasteiger partial charge in [0.1, 0.15) is 5.82 Å². The van der Waals surface area contributed by atoms with Crippen LogP contribution in [0.5, 0.6) is 0 Å². The number of rotatable bonds is 6. The number of halogens is 3. The third-order valence-corrected chi connectivity index (χ3v) is 6.17. The van der Waals surface area contributed by atoms with Gasteiger partial charge in [0.15, 0.2) is 0 Å². The zero-order valence-electron chi connectivity index (χ0n) is 16.9. The third-order valence-electron chi connectivity index (χ3n) is 5.17. The highest BCUT2D eigenvalue weighted by Crippen LogP contribution is 2.40. The van der Waals surface area contributed by atoms with Crippen molar-refractivity contribution in [2.75, 3.05) is 44.7 Å². The summed E-state index contributed by atoms with van der Waals surface area (Å²) in [7, 11) is 1.21. The van der Waals surface area contributed by atoms with Crippen molar-refractivity contribution in [1.82, 2.24) is 9.88 Å². The summed E-state index contributed by atoms with van der Waals surface area (Å²) >= 11 is 0.868. The van der Waals surface area contributed by atoms with Gasteiger partial charge in [-0.05, 0) is 31.4 Å². The maximum Gasteiger partial charge on any atom is 0.417 e. The van der Waals surface area contributed by atoms with Gasteiger partial charge in [0, 0.05) is 31.6 Å². The molecular weight excluding hydrogens is 403 g/mol. The van der Waals surface area contributed by atoms with Crippen LogP contribution in [0.4, 0.5) is 19.0 Å². The first kappa shape index (κ1) is 21.8. The smallest absolute Gasteiger partial charge is 0.417 e. The van der Waals surface area contributed by atoms with Crippen LogP contribution in [0.3, 0.4) is 0 Å². The lowest BCUT2D eigenvalue weighted by Crippen LogP contribution is -2.47. The Bertz CT molecular complexity index is 859. The predicted molar refractivity (Wildman–Crippen MR) is 109 cm³/mol. The molecule has 0 spiro atoms. The first-order valence-electron chi connectivity index (χ1n) is 9.75. The standard InChI is InChI=1S/C20H26F3N3O2S/c1-13(2)5-4-6-25-7-9-26(10-8-25)16-11-15(20(21,22)23)18-17(24-16)14(12-29-18)19(27)28-3/h11-13H,4-10H2,1-3H3. The van der Waals surface area contributed by atoms with Crippen LogP contribution in [-0.4, -0.2) is 55.7 Å². The fraction of sp³-hybridized carbons (Fsp3) is 0.600. The first-order chi connectivity index (χ1) is 13.7. The Hall–Kier alpha value is -1.87. The van der Waals surface area contributed by atoms with Crippen LogP contribution in [0.2, 0.25) is 0 Å². The number of thiophene rings is 1. The number of ether oxygens (including phenoxy) is 1. The van der Waals surface area contributed by atoms with Crippen LogP contribution >= 0.6 is 11.3 Å². The van der Waals surface area contributed by atoms with Gasteiger partial charge in [0.2, 0.25) is 0 Å². The molecule has 1 fully saturated rings. The van der Waals surface area contributed by atoms with Gasteiger partial charge in [-0.25, -0.2) is 9.78 Å². The first-order valence-corrected chi connectivity index (χ1v) is 10.6. The number of fused-ring (bicyclic) bond motifs is 1. The second kappa shape index (κ2) is 8.87. The molecule has 0 aliphatic carbocycles. The molecule has 0 amide bonds. The minimum Gasteiger partial charge on any atom is -0.465 e. The molecule has 5 nitrogen and oxygen atoms in total. The van der Waals surface area contributed by atoms with Crippen molar-refractivity contribution in [3.63, 3.8) is 0 Å². The fourth-order valence-electron chi connectivity index (χ4n) is 3.55. The predicted octanol–water partition coefficient (Wildman–Crippen LogP) is 4.66. The minimum absolute atomic E-state index is 0.0334. The zero-order chi connectivity index (χ0) is 21.2. The number of esters is 1. The van der Waals surface area contributed by atoms with Gasteiger partial charge in [0.25, 0.3) is 0 Å². The second-order valence-electron chi connectivity index (χ2n) is 7.71. The molecule has 0 unspecified atom stereocenters. The lowest BCUT2D eigenvalue weighted by molar-refractivity contribution is -0.136. The summed E-state index contributed by atoms with van der Waals surface area (Å²) in [5.41, 5.74) is -0.616. The van der Waals surface area contributed by atoms with Crippen molar-refractivity contribution in [3.8, 4) is 0 Å². The highest BCUT2D eigenvalue weighted by Gasteiger charge is 2.36. The molecule has 160 valence electrons. The van der Waals surface area contributed by atoms with Gasteiger partial charge in [-0.1, -0.05) is 13.8 Å². The molecule has 3 rings (SSSR count). The van der Waals surface area contributed by atoms with E-state index in [2.05, 4.69) is 23.7 Å². The largest absolute Gasteiger partial charge is 0.465 e. The summed E-state index contributed by atoms with van der Waals surface area (Å²) in [5.74, 6) is 0.252. The monoisotopic (exact) mass is 429 g/mol. The van der Waals surface area contributed by atoms with Crippen molar-refractivity contribution >= 4 is 33.3 Å². The Balaban J connectivity index is 1.83. The van der Waals surface area contributed by atoms with E-state index in [1.807, 2.05) is 4.90 Å². The number of carbonyl (C=O) groups is 1. The van der Waals surface area contributed by atoms with Gasteiger partial charge in [-0.2, -0.15) is 13.2 Å². The van der Waals surface area contributed by atoms with Crippen molar-refractivity contribution in [1.29, 1.82) is 0 Å². The number of hydrogen-bond donors (Lipinski definition) is 0. The Morgan fingerprint density at radius 2 is 1.97 bits per heavy atom. The quantitative estimate of drug-likeness (QED) is 0.625. The van der Waals surface area contributed by atoms with E-state index in [4.69, 9.17) is 4.74 Å². The van der Waals surface area contributed by atoms with E-state index in [-0.39, 0.29) is 21.6 Å². The summed E-state index contributed by atoms with van der Waals surface area (Å²) in [6, 6.07) is 1.11. The van der Waals surface area contributed by atoms with Gasteiger partial charge in [-0.15, -0.1) is 11.3 Å². The maximum atomic E-state index is 13.7. The molecule has 1 aliphatic heterocycles.